The molecule has 0 spiro atoms. The van der Waals surface area contributed by atoms with E-state index < -0.39 is 24.7 Å². The van der Waals surface area contributed by atoms with Crippen molar-refractivity contribution in [1.29, 1.82) is 0 Å². The third-order valence-electron chi connectivity index (χ3n) is 2.21. The number of methoxy groups -OCH3 is 1. The molecule has 1 aromatic carbocycles. The Labute approximate surface area is 121 Å². The molecule has 1 N–H and O–H groups in total. The fourth-order valence-corrected chi connectivity index (χ4v) is 2.00. The molecule has 1 aromatic rings. The number of carbonyl (C=O) groups is 1. The maximum absolute atomic E-state index is 12.2. The van der Waals surface area contributed by atoms with Crippen LogP contribution in [0.15, 0.2) is 22.7 Å². The number of rotatable bonds is 4. The standard InChI is InChI=1S/C11H10BrClF3NO2/c1-19-10(18)9(17-5-11(14,15)16)7-4-6(12)2-3-8(7)13/h2-4,9,17H,5H2,1H3. The first-order valence-corrected chi connectivity index (χ1v) is 6.24. The Bertz CT molecular complexity index is 468. The van der Waals surface area contributed by atoms with Gasteiger partial charge in [0, 0.05) is 9.50 Å². The van der Waals surface area contributed by atoms with Crippen molar-refractivity contribution in [2.75, 3.05) is 13.7 Å². The Hall–Kier alpha value is -0.790. The molecule has 1 unspecified atom stereocenters. The highest BCUT2D eigenvalue weighted by Crippen LogP contribution is 2.28. The third-order valence-corrected chi connectivity index (χ3v) is 3.05. The number of carbonyl (C=O) groups excluding carboxylic acids is 1. The smallest absolute Gasteiger partial charge is 0.401 e. The molecule has 0 aliphatic heterocycles. The molecule has 3 nitrogen and oxygen atoms in total. The molecule has 1 rings (SSSR count). The van der Waals surface area contributed by atoms with Crippen LogP contribution in [0.1, 0.15) is 11.6 Å². The van der Waals surface area contributed by atoms with Gasteiger partial charge < -0.3 is 4.74 Å². The van der Waals surface area contributed by atoms with Crippen LogP contribution in [0.25, 0.3) is 0 Å². The van der Waals surface area contributed by atoms with Crippen LogP contribution in [0.3, 0.4) is 0 Å². The number of hydrogen-bond acceptors (Lipinski definition) is 3. The molecule has 0 radical (unpaired) electrons. The first-order chi connectivity index (χ1) is 8.74. The van der Waals surface area contributed by atoms with E-state index >= 15 is 0 Å². The van der Waals surface area contributed by atoms with Crippen molar-refractivity contribution in [2.45, 2.75) is 12.2 Å². The van der Waals surface area contributed by atoms with Crippen molar-refractivity contribution in [3.63, 3.8) is 0 Å². The van der Waals surface area contributed by atoms with Gasteiger partial charge in [0.25, 0.3) is 0 Å². The average molecular weight is 361 g/mol. The largest absolute Gasteiger partial charge is 0.468 e. The summed E-state index contributed by atoms with van der Waals surface area (Å²) in [5, 5.41) is 2.26. The van der Waals surface area contributed by atoms with Gasteiger partial charge in [-0.05, 0) is 23.8 Å². The van der Waals surface area contributed by atoms with Crippen LogP contribution in [0.2, 0.25) is 5.02 Å². The van der Waals surface area contributed by atoms with Gasteiger partial charge in [0.05, 0.1) is 13.7 Å². The van der Waals surface area contributed by atoms with E-state index in [2.05, 4.69) is 26.0 Å². The van der Waals surface area contributed by atoms with Crippen LogP contribution in [0.5, 0.6) is 0 Å². The molecule has 0 saturated heterocycles. The van der Waals surface area contributed by atoms with E-state index in [1.54, 1.807) is 6.07 Å². The summed E-state index contributed by atoms with van der Waals surface area (Å²) in [7, 11) is 1.09. The van der Waals surface area contributed by atoms with Crippen molar-refractivity contribution in [3.05, 3.63) is 33.3 Å². The Morgan fingerprint density at radius 1 is 1.53 bits per heavy atom. The summed E-state index contributed by atoms with van der Waals surface area (Å²) in [6.45, 7) is -1.32. The number of esters is 1. The van der Waals surface area contributed by atoms with Gasteiger partial charge in [-0.1, -0.05) is 27.5 Å². The molecule has 0 aliphatic carbocycles. The summed E-state index contributed by atoms with van der Waals surface area (Å²) in [5.41, 5.74) is 0.215. The minimum absolute atomic E-state index is 0.174. The molecular weight excluding hydrogens is 350 g/mol. The predicted octanol–water partition coefficient (Wildman–Crippen LogP) is 3.47. The van der Waals surface area contributed by atoms with Gasteiger partial charge >= 0.3 is 12.1 Å². The fourth-order valence-electron chi connectivity index (χ4n) is 1.39. The molecule has 0 bridgehead atoms. The lowest BCUT2D eigenvalue weighted by molar-refractivity contribution is -0.146. The number of alkyl halides is 3. The molecule has 0 aromatic heterocycles. The lowest BCUT2D eigenvalue weighted by atomic mass is 10.1. The van der Waals surface area contributed by atoms with Gasteiger partial charge in [-0.15, -0.1) is 0 Å². The fraction of sp³-hybridized carbons (Fsp3) is 0.364. The highest BCUT2D eigenvalue weighted by atomic mass is 79.9. The zero-order chi connectivity index (χ0) is 14.6. The summed E-state index contributed by atoms with van der Waals surface area (Å²) >= 11 is 9.06. The molecule has 106 valence electrons. The maximum Gasteiger partial charge on any atom is 0.401 e. The first kappa shape index (κ1) is 16.3. The van der Waals surface area contributed by atoms with E-state index in [1.807, 2.05) is 0 Å². The molecule has 8 heteroatoms. The van der Waals surface area contributed by atoms with E-state index in [4.69, 9.17) is 11.6 Å². The van der Waals surface area contributed by atoms with Crippen molar-refractivity contribution in [3.8, 4) is 0 Å². The monoisotopic (exact) mass is 359 g/mol. The molecular formula is C11H10BrClF3NO2. The molecule has 0 aliphatic rings. The van der Waals surface area contributed by atoms with Gasteiger partial charge in [-0.3, -0.25) is 5.32 Å². The quantitative estimate of drug-likeness (QED) is 0.836. The average Bonchev–Trinajstić information content (AvgIpc) is 2.31. The molecule has 0 heterocycles. The van der Waals surface area contributed by atoms with Gasteiger partial charge in [0.15, 0.2) is 0 Å². The number of hydrogen-bond donors (Lipinski definition) is 1. The Kier molecular flexibility index (Phi) is 5.64. The van der Waals surface area contributed by atoms with E-state index in [-0.39, 0.29) is 10.6 Å². The van der Waals surface area contributed by atoms with Crippen LogP contribution in [-0.4, -0.2) is 25.8 Å². The maximum atomic E-state index is 12.2. The van der Waals surface area contributed by atoms with Crippen molar-refractivity contribution >= 4 is 33.5 Å². The van der Waals surface area contributed by atoms with Gasteiger partial charge in [-0.2, -0.15) is 13.2 Å². The van der Waals surface area contributed by atoms with Crippen LogP contribution in [0, 0.1) is 0 Å². The Morgan fingerprint density at radius 3 is 2.68 bits per heavy atom. The molecule has 0 saturated carbocycles. The SMILES string of the molecule is COC(=O)C(NCC(F)(F)F)c1cc(Br)ccc1Cl. The number of nitrogens with one attached hydrogen (secondary N) is 1. The lowest BCUT2D eigenvalue weighted by Crippen LogP contribution is -2.36. The van der Waals surface area contributed by atoms with E-state index in [0.717, 1.165) is 7.11 Å². The second kappa shape index (κ2) is 6.58. The normalized spacial score (nSPS) is 13.2. The molecule has 1 atom stereocenters. The van der Waals surface area contributed by atoms with Gasteiger partial charge in [0.2, 0.25) is 0 Å². The highest BCUT2D eigenvalue weighted by molar-refractivity contribution is 9.10. The van der Waals surface area contributed by atoms with E-state index in [0.29, 0.717) is 4.47 Å². The number of halogens is 5. The summed E-state index contributed by atoms with van der Waals surface area (Å²) in [5.74, 6) is -0.843. The second-order valence-electron chi connectivity index (χ2n) is 3.62. The van der Waals surface area contributed by atoms with Crippen LogP contribution in [-0.2, 0) is 9.53 Å². The third kappa shape index (κ3) is 5.00. The van der Waals surface area contributed by atoms with Crippen molar-refractivity contribution in [2.24, 2.45) is 0 Å². The summed E-state index contributed by atoms with van der Waals surface area (Å²) in [4.78, 5) is 11.6. The minimum atomic E-state index is -4.44. The molecule has 19 heavy (non-hydrogen) atoms. The van der Waals surface area contributed by atoms with E-state index in [1.165, 1.54) is 12.1 Å². The van der Waals surface area contributed by atoms with Crippen LogP contribution < -0.4 is 5.32 Å². The Morgan fingerprint density at radius 2 is 2.16 bits per heavy atom. The summed E-state index contributed by atoms with van der Waals surface area (Å²) in [6.07, 6.45) is -4.44. The van der Waals surface area contributed by atoms with Crippen molar-refractivity contribution < 1.29 is 22.7 Å². The Balaban J connectivity index is 3.03. The summed E-state index contributed by atoms with van der Waals surface area (Å²) in [6, 6.07) is 3.28. The van der Waals surface area contributed by atoms with Crippen LogP contribution >= 0.6 is 27.5 Å². The molecule has 0 fully saturated rings. The van der Waals surface area contributed by atoms with E-state index in [9.17, 15) is 18.0 Å². The topological polar surface area (TPSA) is 38.3 Å². The lowest BCUT2D eigenvalue weighted by Gasteiger charge is -2.19. The molecule has 0 amide bonds. The highest BCUT2D eigenvalue weighted by Gasteiger charge is 2.32. The predicted molar refractivity (Wildman–Crippen MR) is 68.0 cm³/mol. The first-order valence-electron chi connectivity index (χ1n) is 5.07. The van der Waals surface area contributed by atoms with Gasteiger partial charge in [0.1, 0.15) is 6.04 Å². The van der Waals surface area contributed by atoms with Crippen LogP contribution in [0.4, 0.5) is 13.2 Å². The number of benzene rings is 1. The van der Waals surface area contributed by atoms with Gasteiger partial charge in [-0.25, -0.2) is 4.79 Å². The second-order valence-corrected chi connectivity index (χ2v) is 4.94. The zero-order valence-electron chi connectivity index (χ0n) is 9.72. The minimum Gasteiger partial charge on any atom is -0.468 e. The number of ether oxygens (including phenoxy) is 1. The summed E-state index contributed by atoms with van der Waals surface area (Å²) < 4.78 is 41.7. The zero-order valence-corrected chi connectivity index (χ0v) is 12.1. The van der Waals surface area contributed by atoms with Crippen molar-refractivity contribution in [1.82, 2.24) is 5.32 Å².